The van der Waals surface area contributed by atoms with E-state index in [2.05, 4.69) is 24.1 Å². The lowest BCUT2D eigenvalue weighted by atomic mass is 9.95. The van der Waals surface area contributed by atoms with Crippen molar-refractivity contribution in [1.29, 1.82) is 0 Å². The van der Waals surface area contributed by atoms with Crippen LogP contribution in [0.15, 0.2) is 18.2 Å². The number of nitrogens with zero attached hydrogens (tertiary/aromatic N) is 1. The molecule has 0 bridgehead atoms. The highest BCUT2D eigenvalue weighted by Gasteiger charge is 2.24. The molecule has 0 aliphatic carbocycles. The van der Waals surface area contributed by atoms with Gasteiger partial charge in [0.15, 0.2) is 0 Å². The lowest BCUT2D eigenvalue weighted by molar-refractivity contribution is -0.118. The van der Waals surface area contributed by atoms with Gasteiger partial charge in [0.2, 0.25) is 5.91 Å². The van der Waals surface area contributed by atoms with Crippen LogP contribution in [0.2, 0.25) is 0 Å². The second-order valence-corrected chi connectivity index (χ2v) is 5.75. The second kappa shape index (κ2) is 6.22. The van der Waals surface area contributed by atoms with E-state index in [1.54, 1.807) is 0 Å². The molecule has 2 rings (SSSR count). The van der Waals surface area contributed by atoms with Crippen molar-refractivity contribution in [3.8, 4) is 0 Å². The zero-order valence-corrected chi connectivity index (χ0v) is 12.0. The number of rotatable bonds is 3. The standard InChI is InChI=1S/C15H22FN3O/c1-10-3-4-11(2)19(8-10)9-15(20)18-12-5-6-13(16)14(17)7-12/h5-7,10-11H,3-4,8-9,17H2,1-2H3,(H,18,20). The molecule has 2 unspecified atom stereocenters. The van der Waals surface area contributed by atoms with Gasteiger partial charge in [-0.3, -0.25) is 9.69 Å². The maximum absolute atomic E-state index is 13.1. The molecule has 1 aliphatic rings. The van der Waals surface area contributed by atoms with Crippen molar-refractivity contribution in [3.63, 3.8) is 0 Å². The Morgan fingerprint density at radius 3 is 2.90 bits per heavy atom. The van der Waals surface area contributed by atoms with E-state index in [4.69, 9.17) is 5.73 Å². The Kier molecular flexibility index (Phi) is 4.60. The lowest BCUT2D eigenvalue weighted by Gasteiger charge is -2.36. The zero-order valence-electron chi connectivity index (χ0n) is 12.0. The molecule has 1 amide bonds. The number of nitrogen functional groups attached to an aromatic ring is 1. The van der Waals surface area contributed by atoms with Crippen molar-refractivity contribution in [2.45, 2.75) is 32.7 Å². The average molecular weight is 279 g/mol. The van der Waals surface area contributed by atoms with Crippen LogP contribution in [0, 0.1) is 11.7 Å². The van der Waals surface area contributed by atoms with E-state index >= 15 is 0 Å². The molecule has 4 nitrogen and oxygen atoms in total. The van der Waals surface area contributed by atoms with E-state index in [1.165, 1.54) is 24.6 Å². The summed E-state index contributed by atoms with van der Waals surface area (Å²) in [4.78, 5) is 14.2. The minimum atomic E-state index is -0.471. The molecule has 3 N–H and O–H groups in total. The van der Waals surface area contributed by atoms with Crippen molar-refractivity contribution >= 4 is 17.3 Å². The minimum Gasteiger partial charge on any atom is -0.396 e. The first-order valence-corrected chi connectivity index (χ1v) is 7.04. The van der Waals surface area contributed by atoms with Gasteiger partial charge in [0.05, 0.1) is 12.2 Å². The molecule has 0 spiro atoms. The Bertz CT molecular complexity index is 492. The summed E-state index contributed by atoms with van der Waals surface area (Å²) in [5, 5.41) is 2.77. The highest BCUT2D eigenvalue weighted by atomic mass is 19.1. The van der Waals surface area contributed by atoms with Gasteiger partial charge >= 0.3 is 0 Å². The summed E-state index contributed by atoms with van der Waals surface area (Å²) in [6.45, 7) is 5.66. The molecule has 5 heteroatoms. The van der Waals surface area contributed by atoms with Gasteiger partial charge in [0, 0.05) is 18.3 Å². The van der Waals surface area contributed by atoms with Gasteiger partial charge in [0.25, 0.3) is 0 Å². The monoisotopic (exact) mass is 279 g/mol. The zero-order chi connectivity index (χ0) is 14.7. The molecule has 0 radical (unpaired) electrons. The van der Waals surface area contributed by atoms with E-state index in [0.29, 0.717) is 24.2 Å². The molecule has 1 aliphatic heterocycles. The van der Waals surface area contributed by atoms with Gasteiger partial charge in [-0.1, -0.05) is 6.92 Å². The highest BCUT2D eigenvalue weighted by Crippen LogP contribution is 2.21. The number of nitrogens with one attached hydrogen (secondary N) is 1. The number of amides is 1. The molecule has 0 aromatic heterocycles. The van der Waals surface area contributed by atoms with Crippen LogP contribution in [-0.4, -0.2) is 29.9 Å². The predicted molar refractivity (Wildman–Crippen MR) is 78.9 cm³/mol. The van der Waals surface area contributed by atoms with Crippen LogP contribution in [0.3, 0.4) is 0 Å². The second-order valence-electron chi connectivity index (χ2n) is 5.75. The van der Waals surface area contributed by atoms with Crippen molar-refractivity contribution in [2.75, 3.05) is 24.1 Å². The largest absolute Gasteiger partial charge is 0.396 e. The number of hydrogen-bond donors (Lipinski definition) is 2. The molecule has 1 aromatic rings. The molecule has 1 saturated heterocycles. The fraction of sp³-hybridized carbons (Fsp3) is 0.533. The molecule has 110 valence electrons. The molecular formula is C15H22FN3O. The molecule has 1 heterocycles. The van der Waals surface area contributed by atoms with Crippen LogP contribution in [0.5, 0.6) is 0 Å². The SMILES string of the molecule is CC1CCC(C)N(CC(=O)Nc2ccc(F)c(N)c2)C1. The third-order valence-corrected chi connectivity index (χ3v) is 3.87. The first-order chi connectivity index (χ1) is 9.45. The first-order valence-electron chi connectivity index (χ1n) is 7.04. The van der Waals surface area contributed by atoms with Crippen LogP contribution >= 0.6 is 0 Å². The van der Waals surface area contributed by atoms with Crippen LogP contribution in [0.1, 0.15) is 26.7 Å². The summed E-state index contributed by atoms with van der Waals surface area (Å²) in [6, 6.07) is 4.65. The summed E-state index contributed by atoms with van der Waals surface area (Å²) >= 11 is 0. The molecule has 1 aromatic carbocycles. The fourth-order valence-corrected chi connectivity index (χ4v) is 2.61. The Morgan fingerprint density at radius 2 is 2.20 bits per heavy atom. The van der Waals surface area contributed by atoms with Crippen molar-refractivity contribution < 1.29 is 9.18 Å². The minimum absolute atomic E-state index is 0.0442. The number of nitrogens with two attached hydrogens (primary N) is 1. The number of carbonyl (C=O) groups is 1. The summed E-state index contributed by atoms with van der Waals surface area (Å²) in [7, 11) is 0. The number of piperidine rings is 1. The Hall–Kier alpha value is -1.62. The molecule has 0 saturated carbocycles. The third kappa shape index (κ3) is 3.70. The topological polar surface area (TPSA) is 58.4 Å². The summed E-state index contributed by atoms with van der Waals surface area (Å²) in [6.07, 6.45) is 2.34. The number of carbonyl (C=O) groups excluding carboxylic acids is 1. The number of likely N-dealkylation sites (tertiary alicyclic amines) is 1. The molecule has 1 fully saturated rings. The predicted octanol–water partition coefficient (Wildman–Crippen LogP) is 2.47. The highest BCUT2D eigenvalue weighted by molar-refractivity contribution is 5.92. The fourth-order valence-electron chi connectivity index (χ4n) is 2.61. The van der Waals surface area contributed by atoms with E-state index < -0.39 is 5.82 Å². The summed E-state index contributed by atoms with van der Waals surface area (Å²) < 4.78 is 13.1. The Balaban J connectivity index is 1.93. The number of anilines is 2. The van der Waals surface area contributed by atoms with E-state index in [9.17, 15) is 9.18 Å². The Labute approximate surface area is 119 Å². The lowest BCUT2D eigenvalue weighted by Crippen LogP contribution is -2.45. The first kappa shape index (κ1) is 14.8. The average Bonchev–Trinajstić information content (AvgIpc) is 2.38. The third-order valence-electron chi connectivity index (χ3n) is 3.87. The van der Waals surface area contributed by atoms with Crippen LogP contribution in [0.4, 0.5) is 15.8 Å². The molecule has 20 heavy (non-hydrogen) atoms. The Morgan fingerprint density at radius 1 is 1.45 bits per heavy atom. The van der Waals surface area contributed by atoms with Crippen molar-refractivity contribution in [3.05, 3.63) is 24.0 Å². The van der Waals surface area contributed by atoms with Crippen molar-refractivity contribution in [1.82, 2.24) is 4.90 Å². The van der Waals surface area contributed by atoms with E-state index in [1.807, 2.05) is 0 Å². The maximum atomic E-state index is 13.1. The number of hydrogen-bond acceptors (Lipinski definition) is 3. The van der Waals surface area contributed by atoms with Crippen molar-refractivity contribution in [2.24, 2.45) is 5.92 Å². The normalized spacial score (nSPS) is 23.6. The van der Waals surface area contributed by atoms with Crippen LogP contribution in [-0.2, 0) is 4.79 Å². The summed E-state index contributed by atoms with van der Waals surface area (Å²) in [5.74, 6) is 0.0684. The quantitative estimate of drug-likeness (QED) is 0.836. The van der Waals surface area contributed by atoms with Gasteiger partial charge in [-0.15, -0.1) is 0 Å². The summed E-state index contributed by atoms with van der Waals surface area (Å²) in [5.41, 5.74) is 6.06. The van der Waals surface area contributed by atoms with Gasteiger partial charge in [0.1, 0.15) is 5.82 Å². The maximum Gasteiger partial charge on any atom is 0.238 e. The molecule has 2 atom stereocenters. The van der Waals surface area contributed by atoms with Crippen LogP contribution in [0.25, 0.3) is 0 Å². The molecular weight excluding hydrogens is 257 g/mol. The van der Waals surface area contributed by atoms with Gasteiger partial charge in [-0.25, -0.2) is 4.39 Å². The van der Waals surface area contributed by atoms with E-state index in [-0.39, 0.29) is 11.6 Å². The number of halogens is 1. The smallest absolute Gasteiger partial charge is 0.238 e. The van der Waals surface area contributed by atoms with Gasteiger partial charge in [-0.05, 0) is 43.9 Å². The van der Waals surface area contributed by atoms with Gasteiger partial charge < -0.3 is 11.1 Å². The number of benzene rings is 1. The van der Waals surface area contributed by atoms with Gasteiger partial charge in [-0.2, -0.15) is 0 Å². The van der Waals surface area contributed by atoms with E-state index in [0.717, 1.165) is 13.0 Å². The van der Waals surface area contributed by atoms with Crippen LogP contribution < -0.4 is 11.1 Å².